The lowest BCUT2D eigenvalue weighted by Crippen LogP contribution is -2.13. The lowest BCUT2D eigenvalue weighted by molar-refractivity contribution is 0.337. The van der Waals surface area contributed by atoms with Gasteiger partial charge >= 0.3 is 0 Å². The predicted molar refractivity (Wildman–Crippen MR) is 147 cm³/mol. The van der Waals surface area contributed by atoms with Crippen LogP contribution >= 0.6 is 0 Å². The van der Waals surface area contributed by atoms with E-state index in [1.165, 1.54) is 82.7 Å². The summed E-state index contributed by atoms with van der Waals surface area (Å²) >= 11 is 0. The Bertz CT molecular complexity index is 1100. The molecule has 3 aromatic rings. The fraction of sp³-hybridized carbons (Fsp3) is 0.394. The summed E-state index contributed by atoms with van der Waals surface area (Å²) in [7, 11) is 0. The highest BCUT2D eigenvalue weighted by atomic mass is 14.3. The van der Waals surface area contributed by atoms with Gasteiger partial charge in [0.15, 0.2) is 0 Å². The van der Waals surface area contributed by atoms with Crippen molar-refractivity contribution >= 4 is 21.9 Å². The zero-order chi connectivity index (χ0) is 23.4. The van der Waals surface area contributed by atoms with Gasteiger partial charge in [0.25, 0.3) is 0 Å². The number of fused-ring (bicyclic) bond motifs is 1. The van der Waals surface area contributed by atoms with Crippen LogP contribution in [-0.4, -0.2) is 0 Å². The van der Waals surface area contributed by atoms with E-state index in [1.807, 2.05) is 0 Å². The molecule has 0 aromatic heterocycles. The average Bonchev–Trinajstić information content (AvgIpc) is 2.85. The largest absolute Gasteiger partial charge is 0.0950 e. The molecule has 0 spiro atoms. The van der Waals surface area contributed by atoms with Crippen molar-refractivity contribution in [3.8, 4) is 0 Å². The normalized spacial score (nSPS) is 18.5. The summed E-state index contributed by atoms with van der Waals surface area (Å²) in [4.78, 5) is 0. The molecule has 0 heterocycles. The maximum absolute atomic E-state index is 4.45. The number of benzene rings is 3. The van der Waals surface area contributed by atoms with E-state index in [2.05, 4.69) is 94.6 Å². The minimum atomic E-state index is 0.657. The first-order valence-corrected chi connectivity index (χ1v) is 13.0. The predicted octanol–water partition coefficient (Wildman–Crippen LogP) is 9.84. The van der Waals surface area contributed by atoms with Gasteiger partial charge in [-0.25, -0.2) is 0 Å². The quantitative estimate of drug-likeness (QED) is 0.329. The first-order valence-electron chi connectivity index (χ1n) is 13.0. The van der Waals surface area contributed by atoms with Crippen LogP contribution in [0.1, 0.15) is 87.5 Å². The molecule has 1 saturated carbocycles. The van der Waals surface area contributed by atoms with Crippen LogP contribution in [0.2, 0.25) is 0 Å². The molecule has 4 rings (SSSR count). The maximum atomic E-state index is 4.45. The SMILES string of the molecule is C=C(Cc1ccc(C(=C)C2CCC(C)CC2)cc1)c1ccc2cc(C(CC)CC)ccc2c1. The van der Waals surface area contributed by atoms with Crippen molar-refractivity contribution in [1.29, 1.82) is 0 Å². The van der Waals surface area contributed by atoms with Crippen LogP contribution in [0.5, 0.6) is 0 Å². The van der Waals surface area contributed by atoms with Gasteiger partial charge in [0.1, 0.15) is 0 Å². The Hall–Kier alpha value is -2.60. The Kier molecular flexibility index (Phi) is 7.53. The molecule has 0 unspecified atom stereocenters. The standard InChI is InChI=1S/C33H40/c1-6-27(7-2)31-18-19-32-21-30(16-17-33(32)22-31)24(4)20-26-10-14-29(15-11-26)25(5)28-12-8-23(3)9-13-28/h10-11,14-19,21-23,27-28H,4-9,12-13,20H2,1-3H3. The van der Waals surface area contributed by atoms with Gasteiger partial charge in [0.05, 0.1) is 0 Å². The van der Waals surface area contributed by atoms with Crippen molar-refractivity contribution in [3.63, 3.8) is 0 Å². The van der Waals surface area contributed by atoms with Gasteiger partial charge in [0, 0.05) is 0 Å². The Labute approximate surface area is 201 Å². The second-order valence-electron chi connectivity index (χ2n) is 10.3. The smallest absolute Gasteiger partial charge is 0.00257 e. The summed E-state index contributed by atoms with van der Waals surface area (Å²) in [6.45, 7) is 15.8. The number of hydrogen-bond acceptors (Lipinski definition) is 0. The van der Waals surface area contributed by atoms with E-state index >= 15 is 0 Å². The first kappa shape index (κ1) is 23.6. The van der Waals surface area contributed by atoms with Crippen LogP contribution in [0.15, 0.2) is 73.8 Å². The fourth-order valence-electron chi connectivity index (χ4n) is 5.53. The molecule has 0 aliphatic heterocycles. The van der Waals surface area contributed by atoms with E-state index in [4.69, 9.17) is 0 Å². The maximum Gasteiger partial charge on any atom is -0.00257 e. The van der Waals surface area contributed by atoms with E-state index in [0.29, 0.717) is 11.8 Å². The molecule has 0 bridgehead atoms. The second-order valence-corrected chi connectivity index (χ2v) is 10.3. The molecule has 3 aromatic carbocycles. The van der Waals surface area contributed by atoms with Crippen molar-refractivity contribution in [3.05, 3.63) is 96.1 Å². The van der Waals surface area contributed by atoms with Gasteiger partial charge in [-0.3, -0.25) is 0 Å². The van der Waals surface area contributed by atoms with Crippen LogP contribution in [0.4, 0.5) is 0 Å². The zero-order valence-corrected chi connectivity index (χ0v) is 20.9. The Morgan fingerprint density at radius 1 is 0.788 bits per heavy atom. The molecule has 0 N–H and O–H groups in total. The summed E-state index contributed by atoms with van der Waals surface area (Å²) < 4.78 is 0. The number of hydrogen-bond donors (Lipinski definition) is 0. The highest BCUT2D eigenvalue weighted by molar-refractivity contribution is 5.87. The Morgan fingerprint density at radius 3 is 2.06 bits per heavy atom. The molecular weight excluding hydrogens is 396 g/mol. The summed E-state index contributed by atoms with van der Waals surface area (Å²) in [6, 6.07) is 22.8. The first-order chi connectivity index (χ1) is 16.0. The topological polar surface area (TPSA) is 0 Å². The summed E-state index contributed by atoms with van der Waals surface area (Å²) in [6.07, 6.45) is 8.54. The lowest BCUT2D eigenvalue weighted by Gasteiger charge is -2.28. The zero-order valence-electron chi connectivity index (χ0n) is 20.9. The van der Waals surface area contributed by atoms with Crippen molar-refractivity contribution < 1.29 is 0 Å². The number of rotatable bonds is 8. The third kappa shape index (κ3) is 5.49. The van der Waals surface area contributed by atoms with E-state index in [1.54, 1.807) is 0 Å². The van der Waals surface area contributed by atoms with Gasteiger partial charge in [-0.2, -0.15) is 0 Å². The average molecular weight is 437 g/mol. The summed E-state index contributed by atoms with van der Waals surface area (Å²) in [5, 5.41) is 2.63. The van der Waals surface area contributed by atoms with E-state index in [9.17, 15) is 0 Å². The molecule has 1 aliphatic carbocycles. The number of allylic oxidation sites excluding steroid dienone is 2. The van der Waals surface area contributed by atoms with E-state index < -0.39 is 0 Å². The van der Waals surface area contributed by atoms with E-state index in [-0.39, 0.29) is 0 Å². The summed E-state index contributed by atoms with van der Waals surface area (Å²) in [5.41, 5.74) is 7.83. The molecule has 0 heteroatoms. The van der Waals surface area contributed by atoms with Crippen molar-refractivity contribution in [2.45, 2.75) is 71.6 Å². The third-order valence-corrected chi connectivity index (χ3v) is 7.98. The molecule has 1 fully saturated rings. The minimum absolute atomic E-state index is 0.657. The van der Waals surface area contributed by atoms with Crippen molar-refractivity contribution in [2.24, 2.45) is 11.8 Å². The second kappa shape index (κ2) is 10.6. The minimum Gasteiger partial charge on any atom is -0.0950 e. The Morgan fingerprint density at radius 2 is 1.39 bits per heavy atom. The molecular formula is C33H40. The highest BCUT2D eigenvalue weighted by Gasteiger charge is 2.21. The molecule has 0 atom stereocenters. The third-order valence-electron chi connectivity index (χ3n) is 7.98. The van der Waals surface area contributed by atoms with Gasteiger partial charge < -0.3 is 0 Å². The van der Waals surface area contributed by atoms with Crippen LogP contribution in [0, 0.1) is 11.8 Å². The van der Waals surface area contributed by atoms with Gasteiger partial charge in [-0.05, 0) is 100 Å². The van der Waals surface area contributed by atoms with Gasteiger partial charge in [0.2, 0.25) is 0 Å². The molecule has 172 valence electrons. The van der Waals surface area contributed by atoms with Crippen molar-refractivity contribution in [1.82, 2.24) is 0 Å². The molecule has 33 heavy (non-hydrogen) atoms. The molecule has 0 nitrogen and oxygen atoms in total. The van der Waals surface area contributed by atoms with Crippen LogP contribution < -0.4 is 0 Å². The van der Waals surface area contributed by atoms with Crippen molar-refractivity contribution in [2.75, 3.05) is 0 Å². The molecule has 0 radical (unpaired) electrons. The summed E-state index contributed by atoms with van der Waals surface area (Å²) in [5.74, 6) is 2.19. The Balaban J connectivity index is 1.43. The van der Waals surface area contributed by atoms with Gasteiger partial charge in [-0.1, -0.05) is 101 Å². The van der Waals surface area contributed by atoms with Crippen LogP contribution in [0.3, 0.4) is 0 Å². The monoisotopic (exact) mass is 436 g/mol. The van der Waals surface area contributed by atoms with Gasteiger partial charge in [-0.15, -0.1) is 0 Å². The molecule has 0 saturated heterocycles. The fourth-order valence-corrected chi connectivity index (χ4v) is 5.53. The van der Waals surface area contributed by atoms with E-state index in [0.717, 1.165) is 12.3 Å². The van der Waals surface area contributed by atoms with Crippen LogP contribution in [-0.2, 0) is 6.42 Å². The highest BCUT2D eigenvalue weighted by Crippen LogP contribution is 2.37. The molecule has 1 aliphatic rings. The van der Waals surface area contributed by atoms with Crippen LogP contribution in [0.25, 0.3) is 21.9 Å². The molecule has 0 amide bonds. The lowest BCUT2D eigenvalue weighted by atomic mass is 9.78.